The predicted octanol–water partition coefficient (Wildman–Crippen LogP) is 6.93. The number of hydrogen-bond donors (Lipinski definition) is 1. The van der Waals surface area contributed by atoms with Crippen molar-refractivity contribution in [3.8, 4) is 0 Å². The Labute approximate surface area is 258 Å². The zero-order chi connectivity index (χ0) is 30.5. The van der Waals surface area contributed by atoms with E-state index in [-0.39, 0.29) is 17.6 Å². The lowest BCUT2D eigenvalue weighted by Gasteiger charge is -2.49. The molecule has 7 heteroatoms. The van der Waals surface area contributed by atoms with Gasteiger partial charge in [-0.05, 0) is 54.5 Å². The summed E-state index contributed by atoms with van der Waals surface area (Å²) in [7, 11) is 1.83. The molecular weight excluding hydrogens is 548 g/mol. The van der Waals surface area contributed by atoms with Crippen LogP contribution in [0.3, 0.4) is 0 Å². The molecule has 0 aliphatic carbocycles. The third kappa shape index (κ3) is 6.19. The lowest BCUT2D eigenvalue weighted by molar-refractivity contribution is -0.0492. The monoisotopic (exact) mass is 588 g/mol. The number of likely N-dealkylation sites (tertiary alicyclic amines) is 1. The van der Waals surface area contributed by atoms with Gasteiger partial charge in [-0.25, -0.2) is 9.59 Å². The second kappa shape index (κ2) is 13.3. The molecule has 44 heavy (non-hydrogen) atoms. The Morgan fingerprint density at radius 2 is 1.30 bits per heavy atom. The number of nitrogens with zero attached hydrogens (tertiary/aromatic N) is 4. The van der Waals surface area contributed by atoms with Crippen LogP contribution in [-0.2, 0) is 26.6 Å². The molecule has 2 unspecified atom stereocenters. The van der Waals surface area contributed by atoms with E-state index < -0.39 is 12.3 Å². The first-order valence-corrected chi connectivity index (χ1v) is 15.5. The summed E-state index contributed by atoms with van der Waals surface area (Å²) in [6.07, 6.45) is 1.80. The van der Waals surface area contributed by atoms with Gasteiger partial charge in [-0.1, -0.05) is 103 Å². The fourth-order valence-corrected chi connectivity index (χ4v) is 7.09. The Kier molecular flexibility index (Phi) is 8.94. The molecule has 2 heterocycles. The highest BCUT2D eigenvalue weighted by atomic mass is 16.4. The van der Waals surface area contributed by atoms with E-state index in [1.54, 1.807) is 9.47 Å². The Bertz CT molecular complexity index is 1690. The van der Waals surface area contributed by atoms with Crippen molar-refractivity contribution >= 4 is 17.1 Å². The van der Waals surface area contributed by atoms with E-state index in [4.69, 9.17) is 0 Å². The van der Waals surface area contributed by atoms with E-state index in [0.717, 1.165) is 41.4 Å². The second-order valence-corrected chi connectivity index (χ2v) is 11.9. The minimum absolute atomic E-state index is 0.0514. The quantitative estimate of drug-likeness (QED) is 0.192. The molecule has 1 amide bonds. The number of carboxylic acid groups (broad SMARTS) is 1. The summed E-state index contributed by atoms with van der Waals surface area (Å²) in [5.41, 5.74) is 5.26. The molecule has 0 bridgehead atoms. The van der Waals surface area contributed by atoms with E-state index in [9.17, 15) is 14.7 Å². The molecule has 4 aromatic carbocycles. The second-order valence-electron chi connectivity index (χ2n) is 11.9. The molecule has 226 valence electrons. The zero-order valence-electron chi connectivity index (χ0n) is 25.2. The van der Waals surface area contributed by atoms with Crippen molar-refractivity contribution in [2.24, 2.45) is 13.0 Å². The van der Waals surface area contributed by atoms with Crippen LogP contribution in [0.15, 0.2) is 120 Å². The molecule has 0 radical (unpaired) electrons. The first-order chi connectivity index (χ1) is 21.5. The summed E-state index contributed by atoms with van der Waals surface area (Å²) in [5, 5.41) is 10.6. The van der Waals surface area contributed by atoms with Gasteiger partial charge in [0.05, 0.1) is 17.2 Å². The van der Waals surface area contributed by atoms with Crippen LogP contribution in [0.4, 0.5) is 4.79 Å². The van der Waals surface area contributed by atoms with Gasteiger partial charge in [-0.15, -0.1) is 0 Å². The molecule has 1 fully saturated rings. The number of imidazole rings is 1. The molecule has 5 aromatic rings. The number of aryl methyl sites for hydroxylation is 2. The number of amides is 1. The molecular formula is C37H40N4O3. The fourth-order valence-electron chi connectivity index (χ4n) is 7.09. The van der Waals surface area contributed by atoms with Crippen molar-refractivity contribution in [3.05, 3.63) is 142 Å². The minimum Gasteiger partial charge on any atom is -0.465 e. The van der Waals surface area contributed by atoms with Gasteiger partial charge >= 0.3 is 11.8 Å². The zero-order valence-corrected chi connectivity index (χ0v) is 25.2. The van der Waals surface area contributed by atoms with Crippen LogP contribution in [-0.4, -0.2) is 42.8 Å². The molecule has 1 aliphatic rings. The predicted molar refractivity (Wildman–Crippen MR) is 174 cm³/mol. The maximum absolute atomic E-state index is 13.9. The SMILES string of the molecule is Cn1c(=O)n(C2CCN(C(=O)O)[C@H](N(Cc3ccccc3)Cc3ccccc3)C2CCCc2ccccc2)c2ccccc21. The van der Waals surface area contributed by atoms with Gasteiger partial charge < -0.3 is 5.11 Å². The molecule has 1 saturated heterocycles. The Morgan fingerprint density at radius 1 is 0.773 bits per heavy atom. The van der Waals surface area contributed by atoms with Crippen molar-refractivity contribution in [2.75, 3.05) is 6.54 Å². The molecule has 1 aliphatic heterocycles. The van der Waals surface area contributed by atoms with Crippen LogP contribution < -0.4 is 5.69 Å². The van der Waals surface area contributed by atoms with Crippen LogP contribution in [0.5, 0.6) is 0 Å². The van der Waals surface area contributed by atoms with Crippen molar-refractivity contribution in [1.29, 1.82) is 0 Å². The standard InChI is InChI=1S/C37H40N4O3/c1-38-33-22-11-12-23-34(33)41(36(38)42)32-24-25-40(37(43)44)35(31(32)21-13-20-28-14-5-2-6-15-28)39(26-29-16-7-3-8-17-29)27-30-18-9-4-10-19-30/h2-12,14-19,22-23,31-32,35H,13,20-21,24-27H2,1H3,(H,43,44)/t31?,32?,35-/m0/s1. The van der Waals surface area contributed by atoms with Crippen LogP contribution in [0.1, 0.15) is 42.0 Å². The average Bonchev–Trinajstić information content (AvgIpc) is 3.31. The van der Waals surface area contributed by atoms with E-state index in [1.165, 1.54) is 5.56 Å². The Balaban J connectivity index is 1.45. The largest absolute Gasteiger partial charge is 0.465 e. The third-order valence-electron chi connectivity index (χ3n) is 9.11. The number of para-hydroxylation sites is 2. The lowest BCUT2D eigenvalue weighted by Crippen LogP contribution is -2.59. The van der Waals surface area contributed by atoms with E-state index in [2.05, 4.69) is 53.4 Å². The van der Waals surface area contributed by atoms with Gasteiger partial charge in [0.15, 0.2) is 0 Å². The molecule has 7 nitrogen and oxygen atoms in total. The summed E-state index contributed by atoms with van der Waals surface area (Å²) < 4.78 is 3.68. The maximum atomic E-state index is 13.9. The lowest BCUT2D eigenvalue weighted by atomic mass is 9.83. The summed E-state index contributed by atoms with van der Waals surface area (Å²) in [6, 6.07) is 38.7. The number of fused-ring (bicyclic) bond motifs is 1. The van der Waals surface area contributed by atoms with E-state index in [0.29, 0.717) is 26.1 Å². The maximum Gasteiger partial charge on any atom is 0.408 e. The third-order valence-corrected chi connectivity index (χ3v) is 9.11. The van der Waals surface area contributed by atoms with E-state index in [1.807, 2.05) is 78.3 Å². The molecule has 1 N–H and O–H groups in total. The highest BCUT2D eigenvalue weighted by molar-refractivity contribution is 5.76. The van der Waals surface area contributed by atoms with Crippen LogP contribution in [0.25, 0.3) is 11.0 Å². The summed E-state index contributed by atoms with van der Waals surface area (Å²) in [5.74, 6) is -0.112. The highest BCUT2D eigenvalue weighted by Gasteiger charge is 2.44. The summed E-state index contributed by atoms with van der Waals surface area (Å²) >= 11 is 0. The smallest absolute Gasteiger partial charge is 0.408 e. The van der Waals surface area contributed by atoms with Gasteiger partial charge in [-0.2, -0.15) is 0 Å². The van der Waals surface area contributed by atoms with Crippen LogP contribution in [0, 0.1) is 5.92 Å². The van der Waals surface area contributed by atoms with Crippen molar-refractivity contribution in [1.82, 2.24) is 18.9 Å². The summed E-state index contributed by atoms with van der Waals surface area (Å²) in [4.78, 5) is 30.8. The number of benzene rings is 4. The fraction of sp³-hybridized carbons (Fsp3) is 0.297. The first kappa shape index (κ1) is 29.5. The van der Waals surface area contributed by atoms with Crippen LogP contribution in [0.2, 0.25) is 0 Å². The minimum atomic E-state index is -0.919. The number of rotatable bonds is 10. The van der Waals surface area contributed by atoms with Crippen molar-refractivity contribution in [2.45, 2.75) is 51.0 Å². The molecule has 0 spiro atoms. The number of aromatic nitrogens is 2. The number of hydrogen-bond acceptors (Lipinski definition) is 3. The Hall–Kier alpha value is -4.62. The van der Waals surface area contributed by atoms with E-state index >= 15 is 0 Å². The molecule has 0 saturated carbocycles. The normalized spacial score (nSPS) is 18.6. The average molecular weight is 589 g/mol. The van der Waals surface area contributed by atoms with Crippen LogP contribution >= 0.6 is 0 Å². The van der Waals surface area contributed by atoms with Crippen molar-refractivity contribution in [3.63, 3.8) is 0 Å². The topological polar surface area (TPSA) is 70.7 Å². The molecule has 6 rings (SSSR count). The number of carbonyl (C=O) groups is 1. The first-order valence-electron chi connectivity index (χ1n) is 15.5. The van der Waals surface area contributed by atoms with Gasteiger partial charge in [0.25, 0.3) is 0 Å². The molecule has 3 atom stereocenters. The Morgan fingerprint density at radius 3 is 1.86 bits per heavy atom. The highest BCUT2D eigenvalue weighted by Crippen LogP contribution is 2.40. The van der Waals surface area contributed by atoms with Gasteiger partial charge in [0.1, 0.15) is 0 Å². The van der Waals surface area contributed by atoms with Gasteiger partial charge in [-0.3, -0.25) is 18.9 Å². The number of piperidine rings is 1. The van der Waals surface area contributed by atoms with Gasteiger partial charge in [0.2, 0.25) is 0 Å². The van der Waals surface area contributed by atoms with Crippen molar-refractivity contribution < 1.29 is 9.90 Å². The van der Waals surface area contributed by atoms with Gasteiger partial charge in [0, 0.05) is 38.6 Å². The molecule has 1 aromatic heterocycles. The summed E-state index contributed by atoms with van der Waals surface area (Å²) in [6.45, 7) is 1.54.